The molecule has 120 valence electrons. The summed E-state index contributed by atoms with van der Waals surface area (Å²) in [4.78, 5) is 15.7. The van der Waals surface area contributed by atoms with E-state index in [-0.39, 0.29) is 11.2 Å². The lowest BCUT2D eigenvalue weighted by Gasteiger charge is -2.23. The molecule has 0 aliphatic carbocycles. The lowest BCUT2D eigenvalue weighted by Crippen LogP contribution is -2.40. The maximum absolute atomic E-state index is 12.7. The molecule has 2 aliphatic rings. The van der Waals surface area contributed by atoms with Gasteiger partial charge in [0.2, 0.25) is 15.9 Å². The Morgan fingerprint density at radius 2 is 1.95 bits per heavy atom. The molecule has 0 spiro atoms. The second kappa shape index (κ2) is 6.22. The first-order valence-corrected chi connectivity index (χ1v) is 10.2. The van der Waals surface area contributed by atoms with Gasteiger partial charge in [-0.15, -0.1) is 11.8 Å². The van der Waals surface area contributed by atoms with E-state index >= 15 is 0 Å². The van der Waals surface area contributed by atoms with Crippen molar-refractivity contribution in [3.63, 3.8) is 0 Å². The SMILES string of the molecule is CS(=O)(=O)N1CCCN(C(=O)C2Cc3ccccc3S2)CC1. The van der Waals surface area contributed by atoms with Crippen LogP contribution in [0.2, 0.25) is 0 Å². The third-order valence-electron chi connectivity index (χ3n) is 4.16. The highest BCUT2D eigenvalue weighted by Crippen LogP contribution is 2.37. The third-order valence-corrected chi connectivity index (χ3v) is 6.77. The maximum atomic E-state index is 12.7. The minimum atomic E-state index is -3.17. The Morgan fingerprint density at radius 1 is 1.18 bits per heavy atom. The molecule has 0 radical (unpaired) electrons. The van der Waals surface area contributed by atoms with Crippen molar-refractivity contribution in [2.24, 2.45) is 0 Å². The predicted octanol–water partition coefficient (Wildman–Crippen LogP) is 1.20. The molecule has 5 nitrogen and oxygen atoms in total. The molecule has 0 N–H and O–H groups in total. The molecule has 2 heterocycles. The largest absolute Gasteiger partial charge is 0.340 e. The summed E-state index contributed by atoms with van der Waals surface area (Å²) < 4.78 is 24.7. The Hall–Kier alpha value is -1.05. The van der Waals surface area contributed by atoms with Crippen LogP contribution in [0.5, 0.6) is 0 Å². The van der Waals surface area contributed by atoms with Crippen LogP contribution < -0.4 is 0 Å². The van der Waals surface area contributed by atoms with Crippen LogP contribution in [0.15, 0.2) is 29.2 Å². The number of benzene rings is 1. The van der Waals surface area contributed by atoms with Crippen molar-refractivity contribution >= 4 is 27.7 Å². The minimum Gasteiger partial charge on any atom is -0.340 e. The van der Waals surface area contributed by atoms with E-state index in [0.29, 0.717) is 32.6 Å². The van der Waals surface area contributed by atoms with Gasteiger partial charge in [0.25, 0.3) is 0 Å². The van der Waals surface area contributed by atoms with Gasteiger partial charge >= 0.3 is 0 Å². The van der Waals surface area contributed by atoms with Crippen LogP contribution in [-0.4, -0.2) is 61.2 Å². The Morgan fingerprint density at radius 3 is 2.68 bits per heavy atom. The molecular formula is C15H20N2O3S2. The Bertz CT molecular complexity index is 650. The lowest BCUT2D eigenvalue weighted by atomic mass is 10.1. The number of thioether (sulfide) groups is 1. The second-order valence-electron chi connectivity index (χ2n) is 5.76. The van der Waals surface area contributed by atoms with Crippen LogP contribution in [0.3, 0.4) is 0 Å². The molecule has 22 heavy (non-hydrogen) atoms. The number of carbonyl (C=O) groups excluding carboxylic acids is 1. The fraction of sp³-hybridized carbons (Fsp3) is 0.533. The van der Waals surface area contributed by atoms with Gasteiger partial charge in [-0.1, -0.05) is 18.2 Å². The Balaban J connectivity index is 1.65. The van der Waals surface area contributed by atoms with Crippen LogP contribution in [0.1, 0.15) is 12.0 Å². The standard InChI is InChI=1S/C15H20N2O3S2/c1-22(19,20)17-8-4-7-16(9-10-17)15(18)14-11-12-5-2-3-6-13(12)21-14/h2-3,5-6,14H,4,7-11H2,1H3. The van der Waals surface area contributed by atoms with Gasteiger partial charge in [-0.05, 0) is 24.5 Å². The number of hydrogen-bond donors (Lipinski definition) is 0. The maximum Gasteiger partial charge on any atom is 0.236 e. The number of hydrogen-bond acceptors (Lipinski definition) is 4. The molecule has 1 unspecified atom stereocenters. The number of carbonyl (C=O) groups is 1. The average Bonchev–Trinajstić information content (AvgIpc) is 2.73. The zero-order valence-corrected chi connectivity index (χ0v) is 14.2. The van der Waals surface area contributed by atoms with E-state index in [1.54, 1.807) is 11.8 Å². The number of rotatable bonds is 2. The molecule has 3 rings (SSSR count). The van der Waals surface area contributed by atoms with Crippen molar-refractivity contribution in [3.8, 4) is 0 Å². The fourth-order valence-electron chi connectivity index (χ4n) is 2.97. The molecule has 1 aromatic carbocycles. The third kappa shape index (κ3) is 3.31. The topological polar surface area (TPSA) is 57.7 Å². The van der Waals surface area contributed by atoms with E-state index in [4.69, 9.17) is 0 Å². The monoisotopic (exact) mass is 340 g/mol. The van der Waals surface area contributed by atoms with Crippen LogP contribution in [0, 0.1) is 0 Å². The highest BCUT2D eigenvalue weighted by Gasteiger charge is 2.32. The van der Waals surface area contributed by atoms with E-state index in [2.05, 4.69) is 12.1 Å². The molecular weight excluding hydrogens is 320 g/mol. The highest BCUT2D eigenvalue weighted by atomic mass is 32.2. The first-order chi connectivity index (χ1) is 10.4. The van der Waals surface area contributed by atoms with Gasteiger partial charge in [0, 0.05) is 31.1 Å². The molecule has 1 amide bonds. The van der Waals surface area contributed by atoms with E-state index in [0.717, 1.165) is 6.42 Å². The molecule has 1 saturated heterocycles. The Labute approximate surface area is 135 Å². The summed E-state index contributed by atoms with van der Waals surface area (Å²) in [6, 6.07) is 8.13. The number of sulfonamides is 1. The summed E-state index contributed by atoms with van der Waals surface area (Å²) in [7, 11) is -3.17. The zero-order chi connectivity index (χ0) is 15.7. The molecule has 7 heteroatoms. The molecule has 0 aromatic heterocycles. The lowest BCUT2D eigenvalue weighted by molar-refractivity contribution is -0.130. The van der Waals surface area contributed by atoms with E-state index in [9.17, 15) is 13.2 Å². The van der Waals surface area contributed by atoms with Crippen molar-refractivity contribution in [2.45, 2.75) is 23.0 Å². The number of nitrogens with zero attached hydrogens (tertiary/aromatic N) is 2. The van der Waals surface area contributed by atoms with Gasteiger partial charge in [0.15, 0.2) is 0 Å². The first-order valence-electron chi connectivity index (χ1n) is 7.43. The molecule has 0 saturated carbocycles. The van der Waals surface area contributed by atoms with Gasteiger partial charge in [-0.3, -0.25) is 4.79 Å². The van der Waals surface area contributed by atoms with E-state index in [1.165, 1.54) is 21.0 Å². The first kappa shape index (κ1) is 15.8. The smallest absolute Gasteiger partial charge is 0.236 e. The van der Waals surface area contributed by atoms with Gasteiger partial charge < -0.3 is 4.90 Å². The summed E-state index contributed by atoms with van der Waals surface area (Å²) in [6.07, 6.45) is 2.70. The molecule has 1 fully saturated rings. The predicted molar refractivity (Wildman–Crippen MR) is 87.4 cm³/mol. The Kier molecular flexibility index (Phi) is 4.47. The van der Waals surface area contributed by atoms with Gasteiger partial charge in [-0.2, -0.15) is 0 Å². The van der Waals surface area contributed by atoms with Crippen LogP contribution in [0.25, 0.3) is 0 Å². The number of fused-ring (bicyclic) bond motifs is 1. The van der Waals surface area contributed by atoms with Crippen LogP contribution in [0.4, 0.5) is 0 Å². The summed E-state index contributed by atoms with van der Waals surface area (Å²) in [6.45, 7) is 2.02. The average molecular weight is 340 g/mol. The van der Waals surface area contributed by atoms with E-state index < -0.39 is 10.0 Å². The minimum absolute atomic E-state index is 0.0674. The highest BCUT2D eigenvalue weighted by molar-refractivity contribution is 8.01. The fourth-order valence-corrected chi connectivity index (χ4v) is 5.12. The summed E-state index contributed by atoms with van der Waals surface area (Å²) in [5.41, 5.74) is 1.23. The van der Waals surface area contributed by atoms with Crippen molar-refractivity contribution in [2.75, 3.05) is 32.4 Å². The second-order valence-corrected chi connectivity index (χ2v) is 8.99. The van der Waals surface area contributed by atoms with Crippen molar-refractivity contribution < 1.29 is 13.2 Å². The van der Waals surface area contributed by atoms with E-state index in [1.807, 2.05) is 17.0 Å². The quantitative estimate of drug-likeness (QED) is 0.812. The number of amides is 1. The molecule has 0 bridgehead atoms. The van der Waals surface area contributed by atoms with Crippen molar-refractivity contribution in [1.29, 1.82) is 0 Å². The van der Waals surface area contributed by atoms with Gasteiger partial charge in [0.1, 0.15) is 0 Å². The summed E-state index contributed by atoms with van der Waals surface area (Å²) >= 11 is 1.63. The molecule has 1 aromatic rings. The molecule has 1 atom stereocenters. The zero-order valence-electron chi connectivity index (χ0n) is 12.6. The van der Waals surface area contributed by atoms with Crippen LogP contribution in [-0.2, 0) is 21.2 Å². The molecule has 2 aliphatic heterocycles. The summed E-state index contributed by atoms with van der Waals surface area (Å²) in [5, 5.41) is -0.0674. The van der Waals surface area contributed by atoms with Crippen molar-refractivity contribution in [1.82, 2.24) is 9.21 Å². The summed E-state index contributed by atoms with van der Waals surface area (Å²) in [5.74, 6) is 0.136. The normalized spacial score (nSPS) is 23.1. The van der Waals surface area contributed by atoms with Crippen molar-refractivity contribution in [3.05, 3.63) is 29.8 Å². The van der Waals surface area contributed by atoms with Gasteiger partial charge in [0.05, 0.1) is 11.5 Å². The van der Waals surface area contributed by atoms with Gasteiger partial charge in [-0.25, -0.2) is 12.7 Å². The van der Waals surface area contributed by atoms with Crippen LogP contribution >= 0.6 is 11.8 Å².